The smallest absolute Gasteiger partial charge is 0.239 e. The van der Waals surface area contributed by atoms with Gasteiger partial charge in [0.25, 0.3) is 0 Å². The van der Waals surface area contributed by atoms with Crippen LogP contribution in [0.25, 0.3) is 0 Å². The van der Waals surface area contributed by atoms with Crippen LogP contribution in [0, 0.1) is 35.0 Å². The Kier molecular flexibility index (Phi) is 3.72. The highest BCUT2D eigenvalue weighted by Gasteiger charge is 2.55. The Morgan fingerprint density at radius 3 is 2.03 bits per heavy atom. The molecule has 29 heavy (non-hydrogen) atoms. The van der Waals surface area contributed by atoms with Crippen LogP contribution >= 0.6 is 0 Å². The van der Waals surface area contributed by atoms with Crippen LogP contribution in [0.2, 0.25) is 0 Å². The molecule has 8 heteroatoms. The Morgan fingerprint density at radius 1 is 0.931 bits per heavy atom. The van der Waals surface area contributed by atoms with Crippen LogP contribution in [0.3, 0.4) is 0 Å². The minimum Gasteiger partial charge on any atom is -0.304 e. The summed E-state index contributed by atoms with van der Waals surface area (Å²) in [6.07, 6.45) is 9.92. The average molecular weight is 398 g/mol. The minimum absolute atomic E-state index is 0.0486. The van der Waals surface area contributed by atoms with Crippen molar-refractivity contribution in [3.63, 3.8) is 0 Å². The van der Waals surface area contributed by atoms with Crippen molar-refractivity contribution >= 4 is 29.4 Å². The summed E-state index contributed by atoms with van der Waals surface area (Å²) < 4.78 is 4.87. The van der Waals surface area contributed by atoms with Gasteiger partial charge in [0.05, 0.1) is 17.3 Å². The first kappa shape index (κ1) is 17.6. The molecule has 2 atom stereocenters. The highest BCUT2D eigenvalue weighted by atomic mass is 16.6. The lowest BCUT2D eigenvalue weighted by Gasteiger charge is -2.55. The van der Waals surface area contributed by atoms with E-state index in [4.69, 9.17) is 4.63 Å². The van der Waals surface area contributed by atoms with Gasteiger partial charge in [0.1, 0.15) is 0 Å². The molecule has 2 heterocycles. The molecular weight excluding hydrogens is 372 g/mol. The summed E-state index contributed by atoms with van der Waals surface area (Å²) in [4.78, 5) is 40.2. The zero-order valence-corrected chi connectivity index (χ0v) is 16.4. The van der Waals surface area contributed by atoms with Crippen LogP contribution in [-0.4, -0.2) is 28.0 Å². The lowest BCUT2D eigenvalue weighted by molar-refractivity contribution is -0.140. The fraction of sp³-hybridized carbons (Fsp3) is 0.762. The SMILES string of the molecule is O=C1[C@@H]2CCCC[C@H]2C(=O)N1c1nonc1NC(=O)C12CC3CC(CC(C3)C1)C2. The van der Waals surface area contributed by atoms with Gasteiger partial charge in [0.2, 0.25) is 29.4 Å². The molecule has 0 aromatic carbocycles. The summed E-state index contributed by atoms with van der Waals surface area (Å²) in [5.74, 6) is 1.01. The third-order valence-corrected chi connectivity index (χ3v) is 8.28. The molecule has 0 unspecified atom stereocenters. The molecule has 1 aromatic rings. The quantitative estimate of drug-likeness (QED) is 0.785. The van der Waals surface area contributed by atoms with Gasteiger partial charge >= 0.3 is 0 Å². The molecule has 1 saturated heterocycles. The van der Waals surface area contributed by atoms with Gasteiger partial charge in [-0.25, -0.2) is 9.53 Å². The van der Waals surface area contributed by atoms with E-state index in [2.05, 4.69) is 15.6 Å². The fourth-order valence-electron chi connectivity index (χ4n) is 7.41. The standard InChI is InChI=1S/C21H26N4O4/c26-18-14-3-1-2-4-15(14)19(27)25(18)17-16(23-29-24-17)22-20(28)21-8-11-5-12(9-21)7-13(6-11)10-21/h11-15H,1-10H2,(H,22,23,28)/t11?,12?,13?,14-,15-,21?/m1/s1. The fourth-order valence-corrected chi connectivity index (χ4v) is 7.41. The molecule has 6 fully saturated rings. The maximum atomic E-state index is 13.3. The average Bonchev–Trinajstić information content (AvgIpc) is 3.23. The van der Waals surface area contributed by atoms with E-state index in [-0.39, 0.29) is 46.6 Å². The number of hydrogen-bond donors (Lipinski definition) is 1. The zero-order chi connectivity index (χ0) is 19.8. The molecule has 8 nitrogen and oxygen atoms in total. The summed E-state index contributed by atoms with van der Waals surface area (Å²) in [7, 11) is 0. The highest BCUT2D eigenvalue weighted by molar-refractivity contribution is 6.23. The van der Waals surface area contributed by atoms with Gasteiger partial charge in [-0.1, -0.05) is 12.8 Å². The molecule has 154 valence electrons. The molecule has 5 saturated carbocycles. The first-order valence-electron chi connectivity index (χ1n) is 11.1. The van der Waals surface area contributed by atoms with Crippen molar-refractivity contribution in [2.75, 3.05) is 10.2 Å². The Labute approximate surface area is 168 Å². The van der Waals surface area contributed by atoms with Gasteiger partial charge in [0.15, 0.2) is 0 Å². The second-order valence-electron chi connectivity index (χ2n) is 10.1. The summed E-state index contributed by atoms with van der Waals surface area (Å²) in [5.41, 5.74) is -0.349. The molecule has 7 rings (SSSR count). The number of anilines is 2. The van der Waals surface area contributed by atoms with E-state index in [9.17, 15) is 14.4 Å². The maximum Gasteiger partial charge on any atom is 0.239 e. The van der Waals surface area contributed by atoms with E-state index >= 15 is 0 Å². The predicted molar refractivity (Wildman–Crippen MR) is 101 cm³/mol. The third-order valence-electron chi connectivity index (χ3n) is 8.28. The second-order valence-corrected chi connectivity index (χ2v) is 10.1. The number of carbonyl (C=O) groups excluding carboxylic acids is 3. The Morgan fingerprint density at radius 2 is 1.48 bits per heavy atom. The third kappa shape index (κ3) is 2.53. The highest BCUT2D eigenvalue weighted by Crippen LogP contribution is 2.60. The first-order valence-corrected chi connectivity index (χ1v) is 11.1. The lowest BCUT2D eigenvalue weighted by atomic mass is 9.49. The molecule has 1 aromatic heterocycles. The molecule has 5 aliphatic carbocycles. The van der Waals surface area contributed by atoms with Crippen LogP contribution in [0.4, 0.5) is 11.6 Å². The van der Waals surface area contributed by atoms with E-state index in [1.807, 2.05) is 0 Å². The van der Waals surface area contributed by atoms with Crippen molar-refractivity contribution in [1.82, 2.24) is 10.3 Å². The van der Waals surface area contributed by atoms with Gasteiger partial charge in [-0.15, -0.1) is 0 Å². The minimum atomic E-state index is -0.349. The van der Waals surface area contributed by atoms with E-state index in [0.717, 1.165) is 49.8 Å². The molecule has 0 radical (unpaired) electrons. The van der Waals surface area contributed by atoms with Crippen molar-refractivity contribution in [2.45, 2.75) is 64.2 Å². The second kappa shape index (κ2) is 6.12. The predicted octanol–water partition coefficient (Wildman–Crippen LogP) is 2.90. The van der Waals surface area contributed by atoms with E-state index < -0.39 is 0 Å². The first-order chi connectivity index (χ1) is 14.0. The van der Waals surface area contributed by atoms with Gasteiger partial charge in [-0.3, -0.25) is 14.4 Å². The molecule has 1 aliphatic heterocycles. The van der Waals surface area contributed by atoms with Crippen LogP contribution in [-0.2, 0) is 14.4 Å². The zero-order valence-electron chi connectivity index (χ0n) is 16.4. The van der Waals surface area contributed by atoms with Gasteiger partial charge in [0, 0.05) is 0 Å². The van der Waals surface area contributed by atoms with Crippen molar-refractivity contribution in [3.8, 4) is 0 Å². The number of nitrogens with zero attached hydrogens (tertiary/aromatic N) is 3. The number of aromatic nitrogens is 2. The number of carbonyl (C=O) groups is 3. The van der Waals surface area contributed by atoms with E-state index in [1.54, 1.807) is 0 Å². The van der Waals surface area contributed by atoms with Crippen LogP contribution in [0.15, 0.2) is 4.63 Å². The van der Waals surface area contributed by atoms with Crippen LogP contribution in [0.5, 0.6) is 0 Å². The van der Waals surface area contributed by atoms with Gasteiger partial charge in [-0.2, -0.15) is 0 Å². The number of hydrogen-bond acceptors (Lipinski definition) is 6. The molecule has 0 spiro atoms. The Bertz CT molecular complexity index is 834. The van der Waals surface area contributed by atoms with Crippen molar-refractivity contribution < 1.29 is 19.0 Å². The summed E-state index contributed by atoms with van der Waals surface area (Å²) in [6.45, 7) is 0. The van der Waals surface area contributed by atoms with Crippen molar-refractivity contribution in [2.24, 2.45) is 35.0 Å². The van der Waals surface area contributed by atoms with Crippen LogP contribution < -0.4 is 10.2 Å². The van der Waals surface area contributed by atoms with E-state index in [1.165, 1.54) is 19.3 Å². The van der Waals surface area contributed by atoms with Gasteiger partial charge < -0.3 is 5.32 Å². The molecule has 6 aliphatic rings. The number of nitrogens with one attached hydrogen (secondary N) is 1. The summed E-state index contributed by atoms with van der Waals surface area (Å²) >= 11 is 0. The largest absolute Gasteiger partial charge is 0.304 e. The molecule has 3 amide bonds. The number of imide groups is 1. The molecule has 4 bridgehead atoms. The van der Waals surface area contributed by atoms with Gasteiger partial charge in [-0.05, 0) is 79.4 Å². The number of amides is 3. The van der Waals surface area contributed by atoms with Crippen molar-refractivity contribution in [3.05, 3.63) is 0 Å². The number of fused-ring (bicyclic) bond motifs is 1. The number of rotatable bonds is 3. The van der Waals surface area contributed by atoms with Crippen molar-refractivity contribution in [1.29, 1.82) is 0 Å². The summed E-state index contributed by atoms with van der Waals surface area (Å²) in [6, 6.07) is 0. The summed E-state index contributed by atoms with van der Waals surface area (Å²) in [5, 5.41) is 10.6. The van der Waals surface area contributed by atoms with E-state index in [0.29, 0.717) is 17.8 Å². The molecular formula is C21H26N4O4. The maximum absolute atomic E-state index is 13.3. The Hall–Kier alpha value is -2.25. The Balaban J connectivity index is 1.26. The van der Waals surface area contributed by atoms with Crippen LogP contribution in [0.1, 0.15) is 64.2 Å². The lowest BCUT2D eigenvalue weighted by Crippen LogP contribution is -2.51. The normalized spacial score (nSPS) is 40.4. The topological polar surface area (TPSA) is 105 Å². The monoisotopic (exact) mass is 398 g/mol. The molecule has 1 N–H and O–H groups in total.